The Bertz CT molecular complexity index is 255. The van der Waals surface area contributed by atoms with Gasteiger partial charge in [0.05, 0.1) is 13.2 Å². The first-order valence-electron chi connectivity index (χ1n) is 5.70. The van der Waals surface area contributed by atoms with Crippen LogP contribution >= 0.6 is 0 Å². The molecule has 1 aliphatic carbocycles. The molecule has 2 saturated heterocycles. The van der Waals surface area contributed by atoms with Crippen LogP contribution in [0.15, 0.2) is 0 Å². The minimum Gasteiger partial charge on any atom is -0.378 e. The third kappa shape index (κ3) is 1.70. The van der Waals surface area contributed by atoms with Crippen molar-refractivity contribution in [1.82, 2.24) is 15.5 Å². The second-order valence-corrected chi connectivity index (χ2v) is 4.56. The quantitative estimate of drug-likeness (QED) is 0.600. The number of urea groups is 1. The number of hydrogen-bond acceptors (Lipinski definition) is 3. The summed E-state index contributed by atoms with van der Waals surface area (Å²) >= 11 is 0. The number of morpholine rings is 1. The van der Waals surface area contributed by atoms with Gasteiger partial charge in [0, 0.05) is 32.2 Å². The monoisotopic (exact) mass is 211 g/mol. The van der Waals surface area contributed by atoms with Crippen molar-refractivity contribution in [2.24, 2.45) is 11.8 Å². The molecule has 15 heavy (non-hydrogen) atoms. The molecular formula is C10H17N3O2. The van der Waals surface area contributed by atoms with Crippen LogP contribution in [0.1, 0.15) is 0 Å². The van der Waals surface area contributed by atoms with Gasteiger partial charge in [0.1, 0.15) is 0 Å². The lowest BCUT2D eigenvalue weighted by Gasteiger charge is -2.27. The summed E-state index contributed by atoms with van der Waals surface area (Å²) in [6.45, 7) is 4.94. The Balaban J connectivity index is 1.49. The van der Waals surface area contributed by atoms with Gasteiger partial charge in [0.2, 0.25) is 0 Å². The fourth-order valence-electron chi connectivity index (χ4n) is 2.63. The van der Waals surface area contributed by atoms with Gasteiger partial charge in [0.15, 0.2) is 0 Å². The van der Waals surface area contributed by atoms with Gasteiger partial charge in [-0.25, -0.2) is 4.79 Å². The first kappa shape index (κ1) is 9.42. The number of nitrogens with zero attached hydrogens (tertiary/aromatic N) is 1. The Morgan fingerprint density at radius 1 is 1.27 bits per heavy atom. The molecule has 0 spiro atoms. The number of hydrogen-bond donors (Lipinski definition) is 2. The van der Waals surface area contributed by atoms with Crippen LogP contribution in [0.25, 0.3) is 0 Å². The zero-order chi connectivity index (χ0) is 10.3. The molecule has 2 aliphatic heterocycles. The lowest BCUT2D eigenvalue weighted by atomic mass is 10.4. The molecule has 1 saturated carbocycles. The van der Waals surface area contributed by atoms with Crippen molar-refractivity contribution in [2.75, 3.05) is 39.4 Å². The van der Waals surface area contributed by atoms with Crippen LogP contribution in [0.4, 0.5) is 4.79 Å². The molecule has 0 aromatic rings. The summed E-state index contributed by atoms with van der Waals surface area (Å²) in [5, 5.41) is 6.44. The van der Waals surface area contributed by atoms with Crippen LogP contribution in [-0.2, 0) is 4.74 Å². The Kier molecular flexibility index (Phi) is 2.29. The number of piperidine rings is 1. The number of rotatable bonds is 1. The fourth-order valence-corrected chi connectivity index (χ4v) is 2.63. The number of carbonyl (C=O) groups excluding carboxylic acids is 1. The molecule has 0 bridgehead atoms. The molecule has 5 heteroatoms. The van der Waals surface area contributed by atoms with E-state index in [0.29, 0.717) is 31.1 Å². The fraction of sp³-hybridized carbons (Fsp3) is 0.900. The Morgan fingerprint density at radius 3 is 2.60 bits per heavy atom. The number of fused-ring (bicyclic) bond motifs is 1. The number of carbonyl (C=O) groups is 1. The largest absolute Gasteiger partial charge is 0.378 e. The summed E-state index contributed by atoms with van der Waals surface area (Å²) in [7, 11) is 0. The second kappa shape index (κ2) is 3.64. The molecule has 3 aliphatic rings. The van der Waals surface area contributed by atoms with Crippen LogP contribution in [0, 0.1) is 11.8 Å². The highest BCUT2D eigenvalue weighted by molar-refractivity contribution is 5.75. The average molecular weight is 211 g/mol. The highest BCUT2D eigenvalue weighted by Crippen LogP contribution is 2.41. The van der Waals surface area contributed by atoms with Crippen LogP contribution < -0.4 is 10.6 Å². The molecule has 0 aromatic carbocycles. The number of ether oxygens (including phenoxy) is 1. The maximum Gasteiger partial charge on any atom is 0.317 e. The van der Waals surface area contributed by atoms with E-state index in [1.54, 1.807) is 0 Å². The van der Waals surface area contributed by atoms with Crippen LogP contribution in [0.2, 0.25) is 0 Å². The molecule has 2 amide bonds. The second-order valence-electron chi connectivity index (χ2n) is 4.56. The number of amides is 2. The average Bonchev–Trinajstić information content (AvgIpc) is 2.75. The highest BCUT2D eigenvalue weighted by atomic mass is 16.5. The van der Waals surface area contributed by atoms with Crippen LogP contribution in [-0.4, -0.2) is 56.4 Å². The van der Waals surface area contributed by atoms with Gasteiger partial charge in [-0.05, 0) is 11.8 Å². The first-order valence-corrected chi connectivity index (χ1v) is 5.70. The Labute approximate surface area is 89.1 Å². The molecule has 5 nitrogen and oxygen atoms in total. The van der Waals surface area contributed by atoms with Crippen LogP contribution in [0.3, 0.4) is 0 Å². The van der Waals surface area contributed by atoms with E-state index in [1.165, 1.54) is 0 Å². The zero-order valence-corrected chi connectivity index (χ0v) is 8.74. The summed E-state index contributed by atoms with van der Waals surface area (Å²) < 4.78 is 5.21. The van der Waals surface area contributed by atoms with Crippen molar-refractivity contribution in [3.05, 3.63) is 0 Å². The van der Waals surface area contributed by atoms with Crippen molar-refractivity contribution >= 4 is 6.03 Å². The SMILES string of the molecule is O=C(NC1C2CNCC21)N1CCOCC1. The van der Waals surface area contributed by atoms with Crippen molar-refractivity contribution in [1.29, 1.82) is 0 Å². The van der Waals surface area contributed by atoms with E-state index in [1.807, 2.05) is 4.90 Å². The Morgan fingerprint density at radius 2 is 1.93 bits per heavy atom. The molecule has 3 rings (SSSR count). The van der Waals surface area contributed by atoms with Crippen LogP contribution in [0.5, 0.6) is 0 Å². The minimum absolute atomic E-state index is 0.0951. The molecule has 0 aromatic heterocycles. The summed E-state index contributed by atoms with van der Waals surface area (Å²) in [6.07, 6.45) is 0. The van der Waals surface area contributed by atoms with Gasteiger partial charge in [-0.15, -0.1) is 0 Å². The molecular weight excluding hydrogens is 194 g/mol. The summed E-state index contributed by atoms with van der Waals surface area (Å²) in [5.74, 6) is 1.38. The molecule has 3 fully saturated rings. The predicted molar refractivity (Wildman–Crippen MR) is 54.6 cm³/mol. The van der Waals surface area contributed by atoms with E-state index in [9.17, 15) is 4.79 Å². The third-order valence-corrected chi connectivity index (χ3v) is 3.68. The molecule has 2 N–H and O–H groups in total. The third-order valence-electron chi connectivity index (χ3n) is 3.68. The van der Waals surface area contributed by atoms with E-state index < -0.39 is 0 Å². The van der Waals surface area contributed by atoms with Gasteiger partial charge < -0.3 is 20.3 Å². The zero-order valence-electron chi connectivity index (χ0n) is 8.74. The van der Waals surface area contributed by atoms with Crippen molar-refractivity contribution in [2.45, 2.75) is 6.04 Å². The smallest absolute Gasteiger partial charge is 0.317 e. The molecule has 2 heterocycles. The van der Waals surface area contributed by atoms with E-state index >= 15 is 0 Å². The summed E-state index contributed by atoms with van der Waals surface area (Å²) in [6, 6.07) is 0.527. The van der Waals surface area contributed by atoms with Crippen molar-refractivity contribution < 1.29 is 9.53 Å². The predicted octanol–water partition coefficient (Wildman–Crippen LogP) is -0.754. The molecule has 84 valence electrons. The maximum atomic E-state index is 11.8. The summed E-state index contributed by atoms with van der Waals surface area (Å²) in [4.78, 5) is 13.7. The summed E-state index contributed by atoms with van der Waals surface area (Å²) in [5.41, 5.74) is 0. The Hall–Kier alpha value is -0.810. The highest BCUT2D eigenvalue weighted by Gasteiger charge is 2.53. The van der Waals surface area contributed by atoms with Gasteiger partial charge in [-0.2, -0.15) is 0 Å². The van der Waals surface area contributed by atoms with Gasteiger partial charge in [-0.1, -0.05) is 0 Å². The van der Waals surface area contributed by atoms with Gasteiger partial charge in [-0.3, -0.25) is 0 Å². The van der Waals surface area contributed by atoms with E-state index in [2.05, 4.69) is 10.6 Å². The van der Waals surface area contributed by atoms with Crippen molar-refractivity contribution in [3.63, 3.8) is 0 Å². The van der Waals surface area contributed by atoms with E-state index in [-0.39, 0.29) is 6.03 Å². The normalized spacial score (nSPS) is 38.7. The van der Waals surface area contributed by atoms with E-state index in [4.69, 9.17) is 4.74 Å². The lowest BCUT2D eigenvalue weighted by molar-refractivity contribution is 0.0529. The van der Waals surface area contributed by atoms with E-state index in [0.717, 1.165) is 26.2 Å². The molecule has 2 atom stereocenters. The standard InChI is InChI=1S/C10H17N3O2/c14-10(13-1-3-15-4-2-13)12-9-7-5-11-6-8(7)9/h7-9,11H,1-6H2,(H,12,14). The van der Waals surface area contributed by atoms with Gasteiger partial charge in [0.25, 0.3) is 0 Å². The first-order chi connectivity index (χ1) is 7.36. The topological polar surface area (TPSA) is 53.6 Å². The van der Waals surface area contributed by atoms with Crippen molar-refractivity contribution in [3.8, 4) is 0 Å². The lowest BCUT2D eigenvalue weighted by Crippen LogP contribution is -2.48. The minimum atomic E-state index is 0.0951. The molecule has 2 unspecified atom stereocenters. The maximum absolute atomic E-state index is 11.8. The molecule has 0 radical (unpaired) electrons. The number of nitrogens with one attached hydrogen (secondary N) is 2. The van der Waals surface area contributed by atoms with Gasteiger partial charge >= 0.3 is 6.03 Å².